The molecule has 18 heteroatoms. The number of phenols is 12. The van der Waals surface area contributed by atoms with E-state index >= 15 is 0 Å². The highest BCUT2D eigenvalue weighted by Gasteiger charge is 2.50. The smallest absolute Gasteiger partial charge is 0.157 e. The molecule has 0 spiro atoms. The number of benzene rings is 6. The average molecular weight is 867 g/mol. The Bertz CT molecular complexity index is 2840. The summed E-state index contributed by atoms with van der Waals surface area (Å²) in [6.45, 7) is 0. The maximum Gasteiger partial charge on any atom is 0.157 e. The zero-order valence-corrected chi connectivity index (χ0v) is 32.3. The van der Waals surface area contributed by atoms with E-state index in [9.17, 15) is 76.6 Å². The monoisotopic (exact) mass is 866 g/mol. The molecular weight excluding hydrogens is 828 g/mol. The van der Waals surface area contributed by atoms with Crippen LogP contribution in [0.2, 0.25) is 0 Å². The van der Waals surface area contributed by atoms with E-state index in [0.29, 0.717) is 0 Å². The lowest BCUT2D eigenvalue weighted by Crippen LogP contribution is -2.38. The number of fused-ring (bicyclic) bond motifs is 3. The minimum absolute atomic E-state index is 0.0518. The van der Waals surface area contributed by atoms with E-state index < -0.39 is 123 Å². The van der Waals surface area contributed by atoms with Crippen LogP contribution in [0.1, 0.15) is 74.7 Å². The van der Waals surface area contributed by atoms with Gasteiger partial charge >= 0.3 is 0 Å². The van der Waals surface area contributed by atoms with Crippen LogP contribution in [0.15, 0.2) is 78.9 Å². The summed E-state index contributed by atoms with van der Waals surface area (Å²) >= 11 is 0. The third kappa shape index (κ3) is 6.46. The van der Waals surface area contributed by atoms with Crippen LogP contribution in [0.3, 0.4) is 0 Å². The fourth-order valence-electron chi connectivity index (χ4n) is 8.93. The predicted molar refractivity (Wildman–Crippen MR) is 214 cm³/mol. The molecule has 0 fully saturated rings. The molecule has 18 nitrogen and oxygen atoms in total. The van der Waals surface area contributed by atoms with E-state index in [-0.39, 0.29) is 62.6 Å². The normalized spacial score (nSPS) is 23.6. The Morgan fingerprint density at radius 1 is 0.381 bits per heavy atom. The highest BCUT2D eigenvalue weighted by molar-refractivity contribution is 5.70. The Hall–Kier alpha value is -7.80. The Morgan fingerprint density at radius 2 is 0.841 bits per heavy atom. The molecule has 326 valence electrons. The van der Waals surface area contributed by atoms with Gasteiger partial charge in [0.1, 0.15) is 70.1 Å². The topological polar surface area (TPSA) is 331 Å². The van der Waals surface area contributed by atoms with Gasteiger partial charge in [0.2, 0.25) is 0 Å². The summed E-state index contributed by atoms with van der Waals surface area (Å²) in [4.78, 5) is 0. The molecule has 3 heterocycles. The first-order chi connectivity index (χ1) is 29.9. The number of ether oxygens (including phenoxy) is 3. The fourth-order valence-corrected chi connectivity index (χ4v) is 8.93. The van der Waals surface area contributed by atoms with Crippen LogP contribution in [0.4, 0.5) is 0 Å². The molecule has 8 atom stereocenters. The number of aromatic hydroxyl groups is 12. The van der Waals surface area contributed by atoms with Crippen LogP contribution >= 0.6 is 0 Å². The van der Waals surface area contributed by atoms with Crippen molar-refractivity contribution in [2.75, 3.05) is 0 Å². The first kappa shape index (κ1) is 40.6. The highest BCUT2D eigenvalue weighted by atomic mass is 16.5. The number of phenolic OH excluding ortho intramolecular Hbond substituents is 12. The highest BCUT2D eigenvalue weighted by Crippen LogP contribution is 2.61. The minimum atomic E-state index is -1.90. The van der Waals surface area contributed by atoms with Crippen molar-refractivity contribution in [3.05, 3.63) is 123 Å². The number of hydrogen-bond donors (Lipinski definition) is 15. The van der Waals surface area contributed by atoms with Crippen LogP contribution in [-0.4, -0.2) is 94.9 Å². The molecule has 0 aromatic heterocycles. The maximum absolute atomic E-state index is 12.6. The number of aliphatic hydroxyl groups is 3. The van der Waals surface area contributed by atoms with Gasteiger partial charge in [0.25, 0.3) is 0 Å². The third-order valence-electron chi connectivity index (χ3n) is 11.8. The first-order valence-electron chi connectivity index (χ1n) is 19.3. The van der Waals surface area contributed by atoms with Crippen molar-refractivity contribution in [1.29, 1.82) is 0 Å². The molecule has 0 aliphatic carbocycles. The molecule has 3 aliphatic rings. The van der Waals surface area contributed by atoms with E-state index in [1.165, 1.54) is 18.2 Å². The lowest BCUT2D eigenvalue weighted by Gasteiger charge is -2.42. The van der Waals surface area contributed by atoms with E-state index in [4.69, 9.17) is 14.2 Å². The van der Waals surface area contributed by atoms with E-state index in [1.54, 1.807) is 0 Å². The SMILES string of the molecule is Oc1cc(O)c2c(c1)O[C@H](c1ccc(O)c(O)c1)[C@@H](O)[C@H]2c1c(O)cc2c(c1O)[C@H](c1c(O)cc(O)c3c1O[C@@H](c1ccc(O)c(O)c1)[C@@H](O)C3)[C@H](O)[C@H](c1ccc(O)c(O)c1)O2. The number of aliphatic hydroxyl groups excluding tert-OH is 3. The predicted octanol–water partition coefficient (Wildman–Crippen LogP) is 4.44. The fraction of sp³-hybridized carbons (Fsp3) is 0.200. The molecule has 3 aliphatic heterocycles. The van der Waals surface area contributed by atoms with Crippen molar-refractivity contribution < 1.29 is 90.8 Å². The summed E-state index contributed by atoms with van der Waals surface area (Å²) in [7, 11) is 0. The van der Waals surface area contributed by atoms with E-state index in [0.717, 1.165) is 60.7 Å². The van der Waals surface area contributed by atoms with Crippen LogP contribution in [-0.2, 0) is 6.42 Å². The molecule has 0 bridgehead atoms. The van der Waals surface area contributed by atoms with Crippen LogP contribution in [0.5, 0.6) is 86.2 Å². The van der Waals surface area contributed by atoms with Crippen molar-refractivity contribution >= 4 is 0 Å². The zero-order valence-electron chi connectivity index (χ0n) is 32.3. The van der Waals surface area contributed by atoms with Gasteiger partial charge < -0.3 is 90.8 Å². The van der Waals surface area contributed by atoms with Crippen molar-refractivity contribution in [2.45, 2.75) is 54.9 Å². The van der Waals surface area contributed by atoms with Gasteiger partial charge in [0.15, 0.2) is 46.7 Å². The van der Waals surface area contributed by atoms with E-state index in [2.05, 4.69) is 0 Å². The van der Waals surface area contributed by atoms with Gasteiger partial charge in [-0.25, -0.2) is 0 Å². The molecule has 15 N–H and O–H groups in total. The molecule has 6 aromatic rings. The Balaban J connectivity index is 1.29. The van der Waals surface area contributed by atoms with Gasteiger partial charge in [-0.1, -0.05) is 18.2 Å². The molecule has 0 radical (unpaired) electrons. The number of hydrogen-bond acceptors (Lipinski definition) is 18. The Morgan fingerprint density at radius 3 is 1.37 bits per heavy atom. The van der Waals surface area contributed by atoms with Gasteiger partial charge in [-0.2, -0.15) is 0 Å². The molecule has 0 unspecified atom stereocenters. The Kier molecular flexibility index (Phi) is 9.46. The van der Waals surface area contributed by atoms with Crippen molar-refractivity contribution in [2.24, 2.45) is 0 Å². The summed E-state index contributed by atoms with van der Waals surface area (Å²) in [5.41, 5.74) is -1.20. The van der Waals surface area contributed by atoms with Gasteiger partial charge in [-0.3, -0.25) is 0 Å². The molecule has 0 amide bonds. The molecule has 0 saturated carbocycles. The van der Waals surface area contributed by atoms with Crippen molar-refractivity contribution in [3.63, 3.8) is 0 Å². The quantitative estimate of drug-likeness (QED) is 0.106. The summed E-state index contributed by atoms with van der Waals surface area (Å²) in [6.07, 6.45) is -9.81. The first-order valence-corrected chi connectivity index (χ1v) is 19.3. The Labute approximate surface area is 354 Å². The minimum Gasteiger partial charge on any atom is -0.508 e. The lowest BCUT2D eigenvalue weighted by atomic mass is 9.74. The summed E-state index contributed by atoms with van der Waals surface area (Å²) in [5.74, 6) is -11.5. The van der Waals surface area contributed by atoms with Crippen molar-refractivity contribution in [1.82, 2.24) is 0 Å². The second kappa shape index (κ2) is 14.7. The number of rotatable bonds is 5. The molecule has 0 saturated heterocycles. The van der Waals surface area contributed by atoms with E-state index in [1.807, 2.05) is 0 Å². The summed E-state index contributed by atoms with van der Waals surface area (Å²) in [6, 6.07) is 14.6. The van der Waals surface area contributed by atoms with Crippen LogP contribution < -0.4 is 14.2 Å². The van der Waals surface area contributed by atoms with Gasteiger partial charge in [0, 0.05) is 58.5 Å². The molecule has 63 heavy (non-hydrogen) atoms. The molecule has 6 aromatic carbocycles. The molecule has 9 rings (SSSR count). The second-order valence-corrected chi connectivity index (χ2v) is 15.7. The van der Waals surface area contributed by atoms with Crippen LogP contribution in [0.25, 0.3) is 0 Å². The molecular formula is C45H38O18. The largest absolute Gasteiger partial charge is 0.508 e. The van der Waals surface area contributed by atoms with Crippen LogP contribution in [0, 0.1) is 0 Å². The standard InChI is InChI=1S/C45H38O18/c46-18-10-27(54)33-31(11-18)61-43(16-2-5-21(48)25(52)8-16)40(59)37(33)34-29(56)14-32-36(39(34)58)38(41(60)44(62-32)17-3-6-22(49)26(53)9-17)35-28(55)13-23(50)19-12-30(57)42(63-45(19)35)15-1-4-20(47)24(51)7-15/h1-11,13-14,30,37-38,40-44,46-60H,12H2/t30-,37+,38-,40-,41-,42-,43+,44-/m0/s1. The lowest BCUT2D eigenvalue weighted by molar-refractivity contribution is -0.000173. The third-order valence-corrected chi connectivity index (χ3v) is 11.8. The van der Waals surface area contributed by atoms with Gasteiger partial charge in [-0.05, 0) is 53.1 Å². The van der Waals surface area contributed by atoms with Gasteiger partial charge in [0.05, 0.1) is 17.9 Å². The van der Waals surface area contributed by atoms with Crippen molar-refractivity contribution in [3.8, 4) is 86.2 Å². The van der Waals surface area contributed by atoms with Gasteiger partial charge in [-0.15, -0.1) is 0 Å². The second-order valence-electron chi connectivity index (χ2n) is 15.7. The average Bonchev–Trinajstić information content (AvgIpc) is 3.22. The summed E-state index contributed by atoms with van der Waals surface area (Å²) in [5, 5.41) is 166. The zero-order chi connectivity index (χ0) is 44.9. The maximum atomic E-state index is 12.6. The summed E-state index contributed by atoms with van der Waals surface area (Å²) < 4.78 is 18.6.